The highest BCUT2D eigenvalue weighted by molar-refractivity contribution is 6.70. The van der Waals surface area contributed by atoms with Crippen molar-refractivity contribution in [1.82, 2.24) is 0 Å². The van der Waals surface area contributed by atoms with Crippen molar-refractivity contribution < 1.29 is 4.43 Å². The Balaban J connectivity index is 1.65. The lowest BCUT2D eigenvalue weighted by atomic mass is 9.98. The number of fused-ring (bicyclic) bond motifs is 4. The minimum atomic E-state index is -1.62. The van der Waals surface area contributed by atoms with Crippen LogP contribution >= 0.6 is 0 Å². The minimum Gasteiger partial charge on any atom is -0.543 e. The van der Waals surface area contributed by atoms with Crippen LogP contribution in [0.2, 0.25) is 19.6 Å². The molecule has 0 radical (unpaired) electrons. The van der Waals surface area contributed by atoms with Crippen molar-refractivity contribution in [3.63, 3.8) is 0 Å². The van der Waals surface area contributed by atoms with Crippen molar-refractivity contribution in [3.8, 4) is 5.75 Å². The van der Waals surface area contributed by atoms with Crippen LogP contribution in [0.3, 0.4) is 0 Å². The van der Waals surface area contributed by atoms with Crippen LogP contribution in [-0.2, 0) is 6.42 Å². The molecule has 3 heterocycles. The summed E-state index contributed by atoms with van der Waals surface area (Å²) in [4.78, 5) is 2.54. The van der Waals surface area contributed by atoms with Crippen LogP contribution in [0.4, 0.5) is 11.4 Å². The summed E-state index contributed by atoms with van der Waals surface area (Å²) in [7, 11) is -1.62. The van der Waals surface area contributed by atoms with Crippen LogP contribution in [0, 0.1) is 0 Å². The molecule has 132 valence electrons. The van der Waals surface area contributed by atoms with Crippen LogP contribution in [0.15, 0.2) is 42.5 Å². The van der Waals surface area contributed by atoms with Gasteiger partial charge in [-0.05, 0) is 68.2 Å². The van der Waals surface area contributed by atoms with Gasteiger partial charge in [-0.3, -0.25) is 0 Å². The maximum Gasteiger partial charge on any atom is 0.242 e. The van der Waals surface area contributed by atoms with Gasteiger partial charge in [0.1, 0.15) is 5.75 Å². The monoisotopic (exact) mass is 352 g/mol. The normalized spacial score (nSPS) is 19.6. The molecule has 2 aromatic rings. The third-order valence-corrected chi connectivity index (χ3v) is 5.82. The third-order valence-electron chi connectivity index (χ3n) is 4.99. The Labute approximate surface area is 152 Å². The van der Waals surface area contributed by atoms with E-state index in [1.54, 1.807) is 0 Å². The summed E-state index contributed by atoms with van der Waals surface area (Å²) >= 11 is 0. The summed E-state index contributed by atoms with van der Waals surface area (Å²) in [6.45, 7) is 9.07. The highest BCUT2D eigenvalue weighted by Gasteiger charge is 2.26. The summed E-state index contributed by atoms with van der Waals surface area (Å²) in [5, 5.41) is 3.77. The number of hydrogen-bond donors (Lipinski definition) is 1. The van der Waals surface area contributed by atoms with Crippen molar-refractivity contribution >= 4 is 19.7 Å². The number of anilines is 2. The van der Waals surface area contributed by atoms with Crippen LogP contribution in [0.5, 0.6) is 5.75 Å². The fraction of sp³-hybridized carbons (Fsp3) is 0.429. The lowest BCUT2D eigenvalue weighted by molar-refractivity contribution is 0.559. The van der Waals surface area contributed by atoms with Crippen molar-refractivity contribution in [2.24, 2.45) is 0 Å². The van der Waals surface area contributed by atoms with Gasteiger partial charge in [-0.15, -0.1) is 0 Å². The summed E-state index contributed by atoms with van der Waals surface area (Å²) in [5.41, 5.74) is 5.28. The van der Waals surface area contributed by atoms with Gasteiger partial charge >= 0.3 is 0 Å². The predicted octanol–water partition coefficient (Wildman–Crippen LogP) is 5.21. The molecule has 3 nitrogen and oxygen atoms in total. The molecule has 0 spiro atoms. The van der Waals surface area contributed by atoms with Crippen LogP contribution in [-0.4, -0.2) is 21.4 Å². The molecule has 4 heteroatoms. The van der Waals surface area contributed by atoms with E-state index in [0.29, 0.717) is 6.04 Å². The Hall–Kier alpha value is -1.94. The smallest absolute Gasteiger partial charge is 0.242 e. The first-order valence-electron chi connectivity index (χ1n) is 9.42. The molecule has 2 aromatic carbocycles. The Morgan fingerprint density at radius 2 is 1.80 bits per heavy atom. The van der Waals surface area contributed by atoms with Gasteiger partial charge < -0.3 is 14.6 Å². The second-order valence-electron chi connectivity index (χ2n) is 8.20. The van der Waals surface area contributed by atoms with Gasteiger partial charge in [0.25, 0.3) is 0 Å². The number of rotatable bonds is 4. The molecule has 0 saturated carbocycles. The second-order valence-corrected chi connectivity index (χ2v) is 12.6. The molecule has 1 atom stereocenters. The summed E-state index contributed by atoms with van der Waals surface area (Å²) in [5.74, 6) is 1.03. The first-order valence-corrected chi connectivity index (χ1v) is 12.8. The largest absolute Gasteiger partial charge is 0.543 e. The van der Waals surface area contributed by atoms with E-state index >= 15 is 0 Å². The standard InChI is InChI=1S/C21H28N2OSi/c1-25(2,3)24-21-15-16-10-11-18(21)22-19(14-16)17-8-4-5-9-20(17)23-12-6-7-13-23/h4-5,8-11,15,19,22H,6-7,12-14H2,1-3H3. The molecule has 0 amide bonds. The number of benzene rings is 2. The molecule has 3 aliphatic heterocycles. The van der Waals surface area contributed by atoms with E-state index in [4.69, 9.17) is 4.43 Å². The molecule has 1 fully saturated rings. The molecule has 25 heavy (non-hydrogen) atoms. The Morgan fingerprint density at radius 1 is 1.04 bits per heavy atom. The summed E-state index contributed by atoms with van der Waals surface area (Å²) in [6.07, 6.45) is 3.61. The highest BCUT2D eigenvalue weighted by Crippen LogP contribution is 2.39. The molecule has 5 rings (SSSR count). The molecule has 0 aliphatic carbocycles. The van der Waals surface area contributed by atoms with E-state index in [-0.39, 0.29) is 0 Å². The van der Waals surface area contributed by atoms with Gasteiger partial charge in [0, 0.05) is 18.8 Å². The van der Waals surface area contributed by atoms with Gasteiger partial charge in [0.15, 0.2) is 0 Å². The van der Waals surface area contributed by atoms with Crippen LogP contribution < -0.4 is 14.6 Å². The number of para-hydroxylation sites is 1. The zero-order chi connectivity index (χ0) is 17.4. The SMILES string of the molecule is C[Si](C)(C)Oc1cc2ccc1NC(c1ccccc1N1CCCC1)C2. The maximum atomic E-state index is 6.32. The Morgan fingerprint density at radius 3 is 2.56 bits per heavy atom. The zero-order valence-corrected chi connectivity index (χ0v) is 16.5. The van der Waals surface area contributed by atoms with Crippen molar-refractivity contribution in [3.05, 3.63) is 53.6 Å². The van der Waals surface area contributed by atoms with Gasteiger partial charge in [-0.2, -0.15) is 0 Å². The summed E-state index contributed by atoms with van der Waals surface area (Å²) in [6, 6.07) is 15.9. The first-order chi connectivity index (χ1) is 12.0. The Kier molecular flexibility index (Phi) is 4.24. The average Bonchev–Trinajstić information content (AvgIpc) is 2.95. The lowest BCUT2D eigenvalue weighted by Crippen LogP contribution is -2.29. The van der Waals surface area contributed by atoms with E-state index in [1.807, 2.05) is 0 Å². The van der Waals surface area contributed by atoms with Gasteiger partial charge in [0.05, 0.1) is 11.7 Å². The Bertz CT molecular complexity index is 763. The molecule has 1 saturated heterocycles. The van der Waals surface area contributed by atoms with E-state index in [2.05, 4.69) is 72.3 Å². The second kappa shape index (κ2) is 6.41. The molecular formula is C21H28N2OSi. The average molecular weight is 353 g/mol. The fourth-order valence-electron chi connectivity index (χ4n) is 3.92. The fourth-order valence-corrected chi connectivity index (χ4v) is 4.75. The lowest BCUT2D eigenvalue weighted by Gasteiger charge is -2.27. The molecule has 2 bridgehead atoms. The number of hydrogen-bond acceptors (Lipinski definition) is 3. The predicted molar refractivity (Wildman–Crippen MR) is 108 cm³/mol. The maximum absolute atomic E-state index is 6.32. The molecule has 1 N–H and O–H groups in total. The minimum absolute atomic E-state index is 0.302. The molecule has 0 aromatic heterocycles. The molecule has 3 aliphatic rings. The highest BCUT2D eigenvalue weighted by atomic mass is 28.4. The van der Waals surface area contributed by atoms with Crippen molar-refractivity contribution in [2.45, 2.75) is 44.9 Å². The van der Waals surface area contributed by atoms with E-state index in [9.17, 15) is 0 Å². The summed E-state index contributed by atoms with van der Waals surface area (Å²) < 4.78 is 6.32. The van der Waals surface area contributed by atoms with Gasteiger partial charge in [-0.25, -0.2) is 0 Å². The first kappa shape index (κ1) is 16.5. The van der Waals surface area contributed by atoms with Crippen LogP contribution in [0.25, 0.3) is 0 Å². The van der Waals surface area contributed by atoms with E-state index < -0.39 is 8.32 Å². The van der Waals surface area contributed by atoms with Gasteiger partial charge in [-0.1, -0.05) is 24.3 Å². The molecular weight excluding hydrogens is 324 g/mol. The topological polar surface area (TPSA) is 24.5 Å². The van der Waals surface area contributed by atoms with Gasteiger partial charge in [0.2, 0.25) is 8.32 Å². The third kappa shape index (κ3) is 3.54. The van der Waals surface area contributed by atoms with E-state index in [0.717, 1.165) is 17.9 Å². The van der Waals surface area contributed by atoms with Crippen molar-refractivity contribution in [1.29, 1.82) is 0 Å². The quantitative estimate of drug-likeness (QED) is 0.765. The van der Waals surface area contributed by atoms with E-state index in [1.165, 1.54) is 42.7 Å². The number of nitrogens with one attached hydrogen (secondary N) is 1. The zero-order valence-electron chi connectivity index (χ0n) is 15.5. The number of nitrogens with zero attached hydrogens (tertiary/aromatic N) is 1. The van der Waals surface area contributed by atoms with Crippen LogP contribution in [0.1, 0.15) is 30.0 Å². The van der Waals surface area contributed by atoms with Crippen molar-refractivity contribution in [2.75, 3.05) is 23.3 Å². The molecule has 1 unspecified atom stereocenters.